The van der Waals surface area contributed by atoms with Crippen LogP contribution in [0.4, 0.5) is 0 Å². The fourth-order valence-corrected chi connectivity index (χ4v) is 2.33. The van der Waals surface area contributed by atoms with E-state index in [0.29, 0.717) is 0 Å². The van der Waals surface area contributed by atoms with Gasteiger partial charge in [-0.25, -0.2) is 0 Å². The number of rotatable bonds is 3. The monoisotopic (exact) mass is 272 g/mol. The number of nitrogens with zero attached hydrogens (tertiary/aromatic N) is 1. The Balaban J connectivity index is 2.54. The molecule has 1 aromatic carbocycles. The third-order valence-electron chi connectivity index (χ3n) is 3.23. The number of aryl methyl sites for hydroxylation is 2. The van der Waals surface area contributed by atoms with Crippen LogP contribution in [-0.2, 0) is 11.3 Å². The number of carbonyl (C=O) groups is 1. The molecule has 0 spiro atoms. The summed E-state index contributed by atoms with van der Waals surface area (Å²) in [5, 5.41) is 3.82. The summed E-state index contributed by atoms with van der Waals surface area (Å²) < 4.78 is 1.53. The summed E-state index contributed by atoms with van der Waals surface area (Å²) in [5.74, 6) is -0.145. The number of fused-ring (bicyclic) bond motifs is 1. The van der Waals surface area contributed by atoms with Crippen LogP contribution >= 0.6 is 0 Å². The van der Waals surface area contributed by atoms with Gasteiger partial charge in [-0.05, 0) is 44.9 Å². The normalized spacial score (nSPS) is 11.1. The van der Waals surface area contributed by atoms with Gasteiger partial charge in [0.1, 0.15) is 6.54 Å². The van der Waals surface area contributed by atoms with E-state index in [9.17, 15) is 9.59 Å². The van der Waals surface area contributed by atoms with Gasteiger partial charge in [-0.15, -0.1) is 0 Å². The van der Waals surface area contributed by atoms with E-state index in [0.717, 1.165) is 22.0 Å². The molecule has 20 heavy (non-hydrogen) atoms. The Labute approximate surface area is 118 Å². The Morgan fingerprint density at radius 1 is 1.25 bits per heavy atom. The first-order valence-electron chi connectivity index (χ1n) is 6.78. The van der Waals surface area contributed by atoms with Crippen LogP contribution in [-0.4, -0.2) is 16.5 Å². The highest BCUT2D eigenvalue weighted by atomic mass is 16.2. The van der Waals surface area contributed by atoms with Gasteiger partial charge in [-0.1, -0.05) is 12.1 Å². The van der Waals surface area contributed by atoms with Crippen LogP contribution in [0.1, 0.15) is 25.0 Å². The highest BCUT2D eigenvalue weighted by molar-refractivity contribution is 5.85. The van der Waals surface area contributed by atoms with Crippen LogP contribution in [0.2, 0.25) is 0 Å². The van der Waals surface area contributed by atoms with Crippen molar-refractivity contribution in [3.05, 3.63) is 45.7 Å². The summed E-state index contributed by atoms with van der Waals surface area (Å²) >= 11 is 0. The van der Waals surface area contributed by atoms with Crippen molar-refractivity contribution in [3.63, 3.8) is 0 Å². The van der Waals surface area contributed by atoms with Gasteiger partial charge in [0.2, 0.25) is 5.91 Å². The van der Waals surface area contributed by atoms with E-state index < -0.39 is 0 Å². The summed E-state index contributed by atoms with van der Waals surface area (Å²) in [7, 11) is 0. The fraction of sp³-hybridized carbons (Fsp3) is 0.375. The first-order chi connectivity index (χ1) is 9.38. The van der Waals surface area contributed by atoms with E-state index in [-0.39, 0.29) is 24.1 Å². The number of carbonyl (C=O) groups excluding carboxylic acids is 1. The molecular formula is C16H20N2O2. The maximum atomic E-state index is 12.2. The average molecular weight is 272 g/mol. The SMILES string of the molecule is Cc1ccc2c(C)cc(=O)n(CC(=O)NC(C)C)c2c1. The third-order valence-corrected chi connectivity index (χ3v) is 3.23. The molecular weight excluding hydrogens is 252 g/mol. The van der Waals surface area contributed by atoms with Crippen molar-refractivity contribution in [1.82, 2.24) is 9.88 Å². The molecule has 0 aliphatic heterocycles. The average Bonchev–Trinajstić information content (AvgIpc) is 2.33. The third kappa shape index (κ3) is 2.90. The predicted octanol–water partition coefficient (Wildman–Crippen LogP) is 2.14. The van der Waals surface area contributed by atoms with Gasteiger partial charge >= 0.3 is 0 Å². The lowest BCUT2D eigenvalue weighted by atomic mass is 10.1. The van der Waals surface area contributed by atoms with Crippen molar-refractivity contribution in [2.75, 3.05) is 0 Å². The molecule has 2 rings (SSSR count). The van der Waals surface area contributed by atoms with Crippen LogP contribution < -0.4 is 10.9 Å². The van der Waals surface area contributed by atoms with E-state index in [4.69, 9.17) is 0 Å². The van der Waals surface area contributed by atoms with E-state index in [1.165, 1.54) is 4.57 Å². The summed E-state index contributed by atoms with van der Waals surface area (Å²) in [4.78, 5) is 24.1. The molecule has 1 heterocycles. The first-order valence-corrected chi connectivity index (χ1v) is 6.78. The quantitative estimate of drug-likeness (QED) is 0.930. The number of aromatic nitrogens is 1. The maximum Gasteiger partial charge on any atom is 0.251 e. The zero-order valence-corrected chi connectivity index (χ0v) is 12.4. The van der Waals surface area contributed by atoms with Gasteiger partial charge in [-0.3, -0.25) is 14.2 Å². The molecule has 0 radical (unpaired) electrons. The van der Waals surface area contributed by atoms with Crippen molar-refractivity contribution in [2.24, 2.45) is 0 Å². The molecule has 0 atom stereocenters. The number of benzene rings is 1. The zero-order valence-electron chi connectivity index (χ0n) is 12.4. The lowest BCUT2D eigenvalue weighted by Gasteiger charge is -2.14. The molecule has 0 aliphatic carbocycles. The van der Waals surface area contributed by atoms with E-state index in [1.54, 1.807) is 6.07 Å². The fourth-order valence-electron chi connectivity index (χ4n) is 2.33. The highest BCUT2D eigenvalue weighted by Gasteiger charge is 2.11. The highest BCUT2D eigenvalue weighted by Crippen LogP contribution is 2.17. The molecule has 0 saturated heterocycles. The molecule has 2 aromatic rings. The smallest absolute Gasteiger partial charge is 0.251 e. The predicted molar refractivity (Wildman–Crippen MR) is 81.0 cm³/mol. The number of hydrogen-bond acceptors (Lipinski definition) is 2. The number of nitrogens with one attached hydrogen (secondary N) is 1. The van der Waals surface area contributed by atoms with E-state index >= 15 is 0 Å². The van der Waals surface area contributed by atoms with Gasteiger partial charge in [0.25, 0.3) is 5.56 Å². The molecule has 4 heteroatoms. The van der Waals surface area contributed by atoms with Gasteiger partial charge in [0, 0.05) is 17.5 Å². The van der Waals surface area contributed by atoms with Crippen molar-refractivity contribution < 1.29 is 4.79 Å². The van der Waals surface area contributed by atoms with Crippen molar-refractivity contribution >= 4 is 16.8 Å². The molecule has 1 N–H and O–H groups in total. The summed E-state index contributed by atoms with van der Waals surface area (Å²) in [6.45, 7) is 7.75. The summed E-state index contributed by atoms with van der Waals surface area (Å²) in [6, 6.07) is 7.61. The maximum absolute atomic E-state index is 12.2. The Kier molecular flexibility index (Phi) is 3.93. The van der Waals surface area contributed by atoms with Crippen molar-refractivity contribution in [2.45, 2.75) is 40.3 Å². The minimum absolute atomic E-state index is 0.0528. The Hall–Kier alpha value is -2.10. The van der Waals surface area contributed by atoms with Gasteiger partial charge in [0.15, 0.2) is 0 Å². The topological polar surface area (TPSA) is 51.1 Å². The number of amides is 1. The van der Waals surface area contributed by atoms with Crippen LogP contribution in [0.15, 0.2) is 29.1 Å². The van der Waals surface area contributed by atoms with Crippen molar-refractivity contribution in [3.8, 4) is 0 Å². The minimum atomic E-state index is -0.145. The second kappa shape index (κ2) is 5.49. The number of hydrogen-bond donors (Lipinski definition) is 1. The standard InChI is InChI=1S/C16H20N2O2/c1-10(2)17-15(19)9-18-14-7-11(3)5-6-13(14)12(4)8-16(18)20/h5-8,10H,9H2,1-4H3,(H,17,19). The summed E-state index contributed by atoms with van der Waals surface area (Å²) in [5.41, 5.74) is 2.68. The lowest BCUT2D eigenvalue weighted by molar-refractivity contribution is -0.122. The Morgan fingerprint density at radius 3 is 2.60 bits per heavy atom. The molecule has 4 nitrogen and oxygen atoms in total. The molecule has 106 valence electrons. The lowest BCUT2D eigenvalue weighted by Crippen LogP contribution is -2.36. The first kappa shape index (κ1) is 14.3. The molecule has 1 amide bonds. The molecule has 0 bridgehead atoms. The Morgan fingerprint density at radius 2 is 1.95 bits per heavy atom. The van der Waals surface area contributed by atoms with Crippen LogP contribution in [0.3, 0.4) is 0 Å². The van der Waals surface area contributed by atoms with E-state index in [1.807, 2.05) is 45.9 Å². The molecule has 0 fully saturated rings. The Bertz CT molecular complexity index is 714. The molecule has 0 aliphatic rings. The van der Waals surface area contributed by atoms with E-state index in [2.05, 4.69) is 5.32 Å². The van der Waals surface area contributed by atoms with Crippen LogP contribution in [0.5, 0.6) is 0 Å². The number of pyridine rings is 1. The molecule has 0 unspecified atom stereocenters. The minimum Gasteiger partial charge on any atom is -0.352 e. The van der Waals surface area contributed by atoms with Gasteiger partial charge < -0.3 is 5.32 Å². The van der Waals surface area contributed by atoms with Crippen molar-refractivity contribution in [1.29, 1.82) is 0 Å². The van der Waals surface area contributed by atoms with Crippen LogP contribution in [0, 0.1) is 13.8 Å². The molecule has 0 saturated carbocycles. The zero-order chi connectivity index (χ0) is 14.9. The largest absolute Gasteiger partial charge is 0.352 e. The van der Waals surface area contributed by atoms with Gasteiger partial charge in [-0.2, -0.15) is 0 Å². The van der Waals surface area contributed by atoms with Gasteiger partial charge in [0.05, 0.1) is 5.52 Å². The summed E-state index contributed by atoms with van der Waals surface area (Å²) in [6.07, 6.45) is 0. The second-order valence-corrected chi connectivity index (χ2v) is 5.49. The van der Waals surface area contributed by atoms with Crippen LogP contribution in [0.25, 0.3) is 10.9 Å². The molecule has 1 aromatic heterocycles. The second-order valence-electron chi connectivity index (χ2n) is 5.49.